The standard InChI is InChI=1S/C23H48O3S.H3O4P/c1-2-3-4-5-6-7-8-9-10-11-12-13-14-15-16-17-20-27-22-23(21-25)26-19-18-24;1-5(2,3)4/h23-25H,2-22H2,1H3;(H3,1,2,3,4). The predicted octanol–water partition coefficient (Wildman–Crippen LogP) is 5.42. The Bertz CT molecular complexity index is 388. The van der Waals surface area contributed by atoms with Gasteiger partial charge in [0.25, 0.3) is 0 Å². The minimum absolute atomic E-state index is 0.0281. The molecule has 0 amide bonds. The molecule has 32 heavy (non-hydrogen) atoms. The lowest BCUT2D eigenvalue weighted by Gasteiger charge is -2.14. The van der Waals surface area contributed by atoms with E-state index in [-0.39, 0.29) is 19.3 Å². The van der Waals surface area contributed by atoms with Gasteiger partial charge >= 0.3 is 7.82 Å². The third-order valence-electron chi connectivity index (χ3n) is 5.09. The van der Waals surface area contributed by atoms with E-state index in [1.165, 1.54) is 103 Å². The minimum atomic E-state index is -4.64. The van der Waals surface area contributed by atoms with Gasteiger partial charge in [0.15, 0.2) is 0 Å². The van der Waals surface area contributed by atoms with E-state index >= 15 is 0 Å². The molecule has 0 heterocycles. The summed E-state index contributed by atoms with van der Waals surface area (Å²) in [5.41, 5.74) is 0. The third kappa shape index (κ3) is 37.6. The summed E-state index contributed by atoms with van der Waals surface area (Å²) in [5, 5.41) is 17.9. The first-order chi connectivity index (χ1) is 15.3. The molecule has 1 atom stereocenters. The number of hydrogen-bond donors (Lipinski definition) is 5. The van der Waals surface area contributed by atoms with E-state index in [0.29, 0.717) is 6.61 Å². The molecule has 0 fully saturated rings. The van der Waals surface area contributed by atoms with Crippen LogP contribution >= 0.6 is 19.6 Å². The highest BCUT2D eigenvalue weighted by Gasteiger charge is 2.07. The lowest BCUT2D eigenvalue weighted by Crippen LogP contribution is -2.22. The maximum absolute atomic E-state index is 9.18. The third-order valence-corrected chi connectivity index (χ3v) is 6.28. The van der Waals surface area contributed by atoms with E-state index in [1.54, 1.807) is 0 Å². The van der Waals surface area contributed by atoms with Gasteiger partial charge in [-0.05, 0) is 12.2 Å². The van der Waals surface area contributed by atoms with Crippen LogP contribution in [0, 0.1) is 0 Å². The molecular formula is C23H51O7PS. The molecule has 0 rings (SSSR count). The first-order valence-electron chi connectivity index (χ1n) is 12.5. The van der Waals surface area contributed by atoms with E-state index in [2.05, 4.69) is 6.92 Å². The summed E-state index contributed by atoms with van der Waals surface area (Å²) in [6.45, 7) is 2.68. The van der Waals surface area contributed by atoms with Crippen molar-refractivity contribution in [3.63, 3.8) is 0 Å². The average molecular weight is 503 g/mol. The molecule has 0 radical (unpaired) electrons. The summed E-state index contributed by atoms with van der Waals surface area (Å²) in [6, 6.07) is 0. The Hall–Kier alpha value is 0.340. The summed E-state index contributed by atoms with van der Waals surface area (Å²) >= 11 is 1.86. The van der Waals surface area contributed by atoms with Gasteiger partial charge in [-0.2, -0.15) is 11.8 Å². The summed E-state index contributed by atoms with van der Waals surface area (Å²) in [5.74, 6) is 1.98. The van der Waals surface area contributed by atoms with Crippen molar-refractivity contribution >= 4 is 19.6 Å². The Morgan fingerprint density at radius 3 is 1.44 bits per heavy atom. The van der Waals surface area contributed by atoms with Gasteiger partial charge in [0.1, 0.15) is 0 Å². The molecular weight excluding hydrogens is 451 g/mol. The molecule has 0 aliphatic heterocycles. The van der Waals surface area contributed by atoms with Crippen molar-refractivity contribution in [1.82, 2.24) is 0 Å². The topological polar surface area (TPSA) is 127 Å². The van der Waals surface area contributed by atoms with E-state index in [4.69, 9.17) is 29.1 Å². The van der Waals surface area contributed by atoms with E-state index in [9.17, 15) is 5.11 Å². The predicted molar refractivity (Wildman–Crippen MR) is 135 cm³/mol. The van der Waals surface area contributed by atoms with Crippen molar-refractivity contribution in [2.75, 3.05) is 31.3 Å². The lowest BCUT2D eigenvalue weighted by atomic mass is 10.0. The Kier molecular flexibility index (Phi) is 29.7. The monoisotopic (exact) mass is 502 g/mol. The summed E-state index contributed by atoms with van der Waals surface area (Å²) < 4.78 is 14.2. The summed E-state index contributed by atoms with van der Waals surface area (Å²) in [4.78, 5) is 21.6. The minimum Gasteiger partial charge on any atom is -0.394 e. The number of hydrogen-bond acceptors (Lipinski definition) is 5. The molecule has 0 aromatic carbocycles. The number of thioether (sulfide) groups is 1. The van der Waals surface area contributed by atoms with Crippen LogP contribution in [0.1, 0.15) is 110 Å². The van der Waals surface area contributed by atoms with Crippen LogP contribution in [0.2, 0.25) is 0 Å². The van der Waals surface area contributed by atoms with Gasteiger partial charge in [0, 0.05) is 5.75 Å². The molecule has 0 aromatic rings. The molecule has 7 nitrogen and oxygen atoms in total. The molecule has 1 unspecified atom stereocenters. The zero-order chi connectivity index (χ0) is 24.3. The summed E-state index contributed by atoms with van der Waals surface area (Å²) in [7, 11) is -4.64. The second-order valence-corrected chi connectivity index (χ2v) is 10.5. The van der Waals surface area contributed by atoms with E-state index in [1.807, 2.05) is 11.8 Å². The van der Waals surface area contributed by atoms with Crippen LogP contribution in [0.3, 0.4) is 0 Å². The second-order valence-electron chi connectivity index (χ2n) is 8.29. The number of aliphatic hydroxyl groups is 2. The molecule has 0 aliphatic carbocycles. The van der Waals surface area contributed by atoms with Crippen molar-refractivity contribution in [1.29, 1.82) is 0 Å². The first kappa shape index (κ1) is 34.5. The Morgan fingerprint density at radius 1 is 0.719 bits per heavy atom. The van der Waals surface area contributed by atoms with Crippen molar-refractivity contribution < 1.29 is 34.2 Å². The van der Waals surface area contributed by atoms with Gasteiger partial charge in [-0.15, -0.1) is 0 Å². The van der Waals surface area contributed by atoms with E-state index in [0.717, 1.165) is 11.5 Å². The number of rotatable bonds is 23. The molecule has 0 spiro atoms. The maximum atomic E-state index is 9.18. The van der Waals surface area contributed by atoms with Gasteiger partial charge in [0.2, 0.25) is 0 Å². The Labute approximate surface area is 201 Å². The van der Waals surface area contributed by atoms with Crippen LogP contribution in [0.25, 0.3) is 0 Å². The van der Waals surface area contributed by atoms with Gasteiger partial charge < -0.3 is 29.6 Å². The van der Waals surface area contributed by atoms with E-state index < -0.39 is 7.82 Å². The molecule has 0 saturated heterocycles. The zero-order valence-electron chi connectivity index (χ0n) is 20.3. The Balaban J connectivity index is 0. The highest BCUT2D eigenvalue weighted by atomic mass is 32.2. The van der Waals surface area contributed by atoms with Crippen molar-refractivity contribution in [3.05, 3.63) is 0 Å². The van der Waals surface area contributed by atoms with Crippen LogP contribution in [-0.2, 0) is 9.30 Å². The highest BCUT2D eigenvalue weighted by Crippen LogP contribution is 2.25. The maximum Gasteiger partial charge on any atom is 0.466 e. The Morgan fingerprint density at radius 2 is 1.09 bits per heavy atom. The molecule has 0 aromatic heterocycles. The molecule has 0 bridgehead atoms. The van der Waals surface area contributed by atoms with Crippen LogP contribution in [0.5, 0.6) is 0 Å². The fraction of sp³-hybridized carbons (Fsp3) is 1.00. The molecule has 196 valence electrons. The largest absolute Gasteiger partial charge is 0.466 e. The average Bonchev–Trinajstić information content (AvgIpc) is 2.73. The second kappa shape index (κ2) is 27.6. The zero-order valence-corrected chi connectivity index (χ0v) is 22.0. The number of unbranched alkanes of at least 4 members (excludes halogenated alkanes) is 15. The number of phosphoric acid groups is 1. The van der Waals surface area contributed by atoms with Crippen molar-refractivity contribution in [2.24, 2.45) is 0 Å². The molecule has 9 heteroatoms. The SMILES string of the molecule is CCCCCCCCCCCCCCCCCCSCC(CO)OCCO.O=P(O)(O)O. The fourth-order valence-corrected chi connectivity index (χ4v) is 4.38. The smallest absolute Gasteiger partial charge is 0.394 e. The molecule has 0 aliphatic rings. The van der Waals surface area contributed by atoms with Crippen LogP contribution < -0.4 is 0 Å². The lowest BCUT2D eigenvalue weighted by molar-refractivity contribution is 0.00994. The van der Waals surface area contributed by atoms with Crippen molar-refractivity contribution in [3.8, 4) is 0 Å². The van der Waals surface area contributed by atoms with Crippen LogP contribution in [0.4, 0.5) is 0 Å². The molecule has 0 saturated carbocycles. The van der Waals surface area contributed by atoms with Gasteiger partial charge in [0.05, 0.1) is 25.9 Å². The summed E-state index contributed by atoms with van der Waals surface area (Å²) in [6.07, 6.45) is 22.4. The number of ether oxygens (including phenoxy) is 1. The van der Waals surface area contributed by atoms with Gasteiger partial charge in [-0.1, -0.05) is 103 Å². The number of aliphatic hydroxyl groups excluding tert-OH is 2. The van der Waals surface area contributed by atoms with Crippen LogP contribution in [-0.4, -0.2) is 62.3 Å². The van der Waals surface area contributed by atoms with Gasteiger partial charge in [-0.3, -0.25) is 0 Å². The quantitative estimate of drug-likeness (QED) is 0.0925. The molecule has 5 N–H and O–H groups in total. The van der Waals surface area contributed by atoms with Crippen molar-refractivity contribution in [2.45, 2.75) is 116 Å². The van der Waals surface area contributed by atoms with Gasteiger partial charge in [-0.25, -0.2) is 4.57 Å². The highest BCUT2D eigenvalue weighted by molar-refractivity contribution is 7.99. The normalized spacial score (nSPS) is 12.4. The van der Waals surface area contributed by atoms with Crippen LogP contribution in [0.15, 0.2) is 0 Å². The fourth-order valence-electron chi connectivity index (χ4n) is 3.34. The first-order valence-corrected chi connectivity index (χ1v) is 15.3.